The van der Waals surface area contributed by atoms with Crippen molar-refractivity contribution in [3.63, 3.8) is 0 Å². The van der Waals surface area contributed by atoms with Crippen molar-refractivity contribution in [2.75, 3.05) is 0 Å². The van der Waals surface area contributed by atoms with Crippen LogP contribution in [0.15, 0.2) is 24.3 Å². The largest absolute Gasteiger partial charge is 0.392 e. The Labute approximate surface area is 143 Å². The van der Waals surface area contributed by atoms with Crippen LogP contribution in [0.3, 0.4) is 0 Å². The van der Waals surface area contributed by atoms with Gasteiger partial charge in [-0.15, -0.1) is 0 Å². The molecular weight excluding hydrogens is 342 g/mol. The Hall–Kier alpha value is -1.46. The van der Waals surface area contributed by atoms with E-state index in [-0.39, 0.29) is 5.92 Å². The molecule has 0 spiro atoms. The Kier molecular flexibility index (Phi) is 6.96. The Morgan fingerprint density at radius 1 is 0.960 bits per heavy atom. The Bertz CT molecular complexity index is 559. The van der Waals surface area contributed by atoms with Gasteiger partial charge in [-0.25, -0.2) is 13.2 Å². The first-order chi connectivity index (χ1) is 11.8. The Balaban J connectivity index is 1.80. The second-order valence-electron chi connectivity index (χ2n) is 6.68. The highest BCUT2D eigenvalue weighted by atomic mass is 19.4. The zero-order valence-corrected chi connectivity index (χ0v) is 13.9. The van der Waals surface area contributed by atoms with E-state index in [0.29, 0.717) is 17.9 Å². The molecule has 0 aliphatic heterocycles. The van der Waals surface area contributed by atoms with E-state index in [2.05, 4.69) is 0 Å². The van der Waals surface area contributed by atoms with Gasteiger partial charge in [-0.1, -0.05) is 12.2 Å². The van der Waals surface area contributed by atoms with Crippen molar-refractivity contribution in [1.29, 1.82) is 0 Å². The molecule has 0 radical (unpaired) electrons. The predicted molar refractivity (Wildman–Crippen MR) is 84.9 cm³/mol. The minimum absolute atomic E-state index is 0.0506. The summed E-state index contributed by atoms with van der Waals surface area (Å²) in [5.74, 6) is -1.20. The lowest BCUT2D eigenvalue weighted by molar-refractivity contribution is -0.125. The number of alkyl halides is 4. The maximum atomic E-state index is 13.7. The van der Waals surface area contributed by atoms with Crippen LogP contribution in [-0.4, -0.2) is 6.18 Å². The summed E-state index contributed by atoms with van der Waals surface area (Å²) in [4.78, 5) is 0. The van der Waals surface area contributed by atoms with E-state index in [1.54, 1.807) is 6.08 Å². The van der Waals surface area contributed by atoms with E-state index in [1.807, 2.05) is 0 Å². The molecule has 1 fully saturated rings. The lowest BCUT2D eigenvalue weighted by Gasteiger charge is -2.29. The molecule has 140 valence electrons. The van der Waals surface area contributed by atoms with Gasteiger partial charge in [-0.05, 0) is 68.1 Å². The van der Waals surface area contributed by atoms with E-state index >= 15 is 0 Å². The van der Waals surface area contributed by atoms with Crippen LogP contribution < -0.4 is 0 Å². The van der Waals surface area contributed by atoms with Gasteiger partial charge in [0.25, 0.3) is 0 Å². The molecule has 6 heteroatoms. The minimum Gasteiger partial charge on any atom is -0.246 e. The van der Waals surface area contributed by atoms with Crippen LogP contribution in [0.1, 0.15) is 62.0 Å². The molecule has 1 aromatic carbocycles. The molecule has 1 saturated carbocycles. The minimum atomic E-state index is -4.16. The third-order valence-corrected chi connectivity index (χ3v) is 4.87. The van der Waals surface area contributed by atoms with Crippen LogP contribution in [0, 0.1) is 17.6 Å². The van der Waals surface area contributed by atoms with Gasteiger partial charge in [0.2, 0.25) is 0 Å². The van der Waals surface area contributed by atoms with Gasteiger partial charge in [-0.2, -0.15) is 13.2 Å². The van der Waals surface area contributed by atoms with Gasteiger partial charge in [0.15, 0.2) is 0 Å². The van der Waals surface area contributed by atoms with Gasteiger partial charge in [0.1, 0.15) is 18.3 Å². The Morgan fingerprint density at radius 2 is 1.56 bits per heavy atom. The average molecular weight is 364 g/mol. The number of hydrogen-bond donors (Lipinski definition) is 0. The van der Waals surface area contributed by atoms with Crippen LogP contribution in [0.2, 0.25) is 0 Å². The van der Waals surface area contributed by atoms with E-state index in [4.69, 9.17) is 0 Å². The van der Waals surface area contributed by atoms with E-state index in [1.165, 1.54) is 12.1 Å². The first kappa shape index (κ1) is 19.9. The summed E-state index contributed by atoms with van der Waals surface area (Å²) in [5, 5.41) is 0. The first-order valence-corrected chi connectivity index (χ1v) is 8.55. The monoisotopic (exact) mass is 364 g/mol. The fraction of sp³-hybridized carbons (Fsp3) is 0.579. The first-order valence-electron chi connectivity index (χ1n) is 8.55. The maximum Gasteiger partial charge on any atom is 0.392 e. The molecule has 0 amide bonds. The number of allylic oxidation sites excluding steroid dienone is 2. The normalized spacial score (nSPS) is 21.8. The zero-order valence-electron chi connectivity index (χ0n) is 13.9. The van der Waals surface area contributed by atoms with Gasteiger partial charge in [0, 0.05) is 0 Å². The molecule has 25 heavy (non-hydrogen) atoms. The molecule has 0 saturated heterocycles. The molecule has 1 aromatic rings. The standard InChI is InChI=1S/C19H22F6/c20-12-16-17(21)10-15(11-18(16)22)14-7-5-13(6-8-14)4-2-1-3-9-19(23,24)25/h1,3,10-11,13-14H,2,4-9,12H2/t13-,14-. The van der Waals surface area contributed by atoms with Crippen molar-refractivity contribution in [1.82, 2.24) is 0 Å². The van der Waals surface area contributed by atoms with Gasteiger partial charge < -0.3 is 0 Å². The summed E-state index contributed by atoms with van der Waals surface area (Å²) in [7, 11) is 0. The van der Waals surface area contributed by atoms with Crippen molar-refractivity contribution >= 4 is 0 Å². The van der Waals surface area contributed by atoms with Crippen LogP contribution in [0.25, 0.3) is 0 Å². The van der Waals surface area contributed by atoms with Crippen molar-refractivity contribution in [2.24, 2.45) is 5.92 Å². The molecule has 0 heterocycles. The van der Waals surface area contributed by atoms with Crippen LogP contribution in [0.5, 0.6) is 0 Å². The number of rotatable bonds is 6. The van der Waals surface area contributed by atoms with Crippen molar-refractivity contribution < 1.29 is 26.3 Å². The van der Waals surface area contributed by atoms with Crippen molar-refractivity contribution in [3.05, 3.63) is 47.0 Å². The van der Waals surface area contributed by atoms with Crippen molar-refractivity contribution in [3.8, 4) is 0 Å². The molecule has 1 aliphatic rings. The molecular formula is C19H22F6. The zero-order chi connectivity index (χ0) is 18.4. The highest BCUT2D eigenvalue weighted by Gasteiger charge is 2.25. The van der Waals surface area contributed by atoms with E-state index in [0.717, 1.165) is 38.2 Å². The second-order valence-corrected chi connectivity index (χ2v) is 6.68. The molecule has 0 bridgehead atoms. The number of halogens is 6. The summed E-state index contributed by atoms with van der Waals surface area (Å²) >= 11 is 0. The van der Waals surface area contributed by atoms with Crippen LogP contribution in [0.4, 0.5) is 26.3 Å². The molecule has 1 aliphatic carbocycles. The molecule has 0 N–H and O–H groups in total. The van der Waals surface area contributed by atoms with E-state index in [9.17, 15) is 26.3 Å². The number of hydrogen-bond acceptors (Lipinski definition) is 0. The topological polar surface area (TPSA) is 0 Å². The lowest BCUT2D eigenvalue weighted by atomic mass is 9.77. The molecule has 0 nitrogen and oxygen atoms in total. The molecule has 0 unspecified atom stereocenters. The SMILES string of the molecule is FCc1c(F)cc([C@H]2CC[C@H](CCC=CCC(F)(F)F)CC2)cc1F. The quantitative estimate of drug-likeness (QED) is 0.377. The summed E-state index contributed by atoms with van der Waals surface area (Å²) < 4.78 is 76.0. The Morgan fingerprint density at radius 3 is 2.08 bits per heavy atom. The molecule has 2 rings (SSSR count). The third-order valence-electron chi connectivity index (χ3n) is 4.87. The number of benzene rings is 1. The van der Waals surface area contributed by atoms with Crippen molar-refractivity contribution in [2.45, 2.75) is 63.7 Å². The summed E-state index contributed by atoms with van der Waals surface area (Å²) in [5.41, 5.74) is 0.0406. The highest BCUT2D eigenvalue weighted by Crippen LogP contribution is 2.38. The maximum absolute atomic E-state index is 13.7. The van der Waals surface area contributed by atoms with Gasteiger partial charge in [-0.3, -0.25) is 0 Å². The smallest absolute Gasteiger partial charge is 0.246 e. The van der Waals surface area contributed by atoms with Crippen LogP contribution in [-0.2, 0) is 6.67 Å². The summed E-state index contributed by atoms with van der Waals surface area (Å²) in [6.07, 6.45) is 2.43. The molecule has 0 aromatic heterocycles. The van der Waals surface area contributed by atoms with Gasteiger partial charge in [0.05, 0.1) is 12.0 Å². The highest BCUT2D eigenvalue weighted by molar-refractivity contribution is 5.28. The summed E-state index contributed by atoms with van der Waals surface area (Å²) in [6.45, 7) is -1.16. The predicted octanol–water partition coefficient (Wildman–Crippen LogP) is 7.00. The average Bonchev–Trinajstić information content (AvgIpc) is 2.54. The van der Waals surface area contributed by atoms with Gasteiger partial charge >= 0.3 is 6.18 Å². The summed E-state index contributed by atoms with van der Waals surface area (Å²) in [6, 6.07) is 2.45. The van der Waals surface area contributed by atoms with E-state index < -0.39 is 36.5 Å². The fourth-order valence-corrected chi connectivity index (χ4v) is 3.44. The second kappa shape index (κ2) is 8.77. The van der Waals surface area contributed by atoms with Crippen LogP contribution >= 0.6 is 0 Å². The molecule has 0 atom stereocenters. The lowest BCUT2D eigenvalue weighted by Crippen LogP contribution is -2.14. The fourth-order valence-electron chi connectivity index (χ4n) is 3.44. The third kappa shape index (κ3) is 6.08.